The minimum absolute atomic E-state index is 0. The Morgan fingerprint density at radius 2 is 2.04 bits per heavy atom. The average molecular weight is 436 g/mol. The average Bonchev–Trinajstić information content (AvgIpc) is 3.31. The predicted octanol–water partition coefficient (Wildman–Crippen LogP) is -4.37. The van der Waals surface area contributed by atoms with Crippen molar-refractivity contribution in [2.24, 2.45) is 0 Å². The molecular weight excluding hydrogens is 428 g/mol. The molecule has 3 aromatic heterocycles. The maximum atomic E-state index is 13.6. The van der Waals surface area contributed by atoms with E-state index >= 15 is 0 Å². The molecule has 4 aromatic rings. The van der Waals surface area contributed by atoms with E-state index in [9.17, 15) is 19.0 Å². The Balaban J connectivity index is 0.00000140. The molecule has 0 bridgehead atoms. The number of fused-ring (bicyclic) bond motifs is 1. The molecule has 0 N–H and O–H groups in total. The van der Waals surface area contributed by atoms with Gasteiger partial charge in [0.1, 0.15) is 11.5 Å². The fraction of sp³-hybridized carbons (Fsp3) is 0.0667. The Morgan fingerprint density at radius 3 is 2.68 bits per heavy atom. The van der Waals surface area contributed by atoms with Crippen LogP contribution in [0.5, 0.6) is 0 Å². The Bertz CT molecular complexity index is 1150. The Labute approximate surface area is 207 Å². The SMILES string of the molecule is Cc1nc(-c2csc(C(=O)c3cn(P([O-])[O-])c4ccc(F)cc34)n2)no1.[Na+].[Na+]. The van der Waals surface area contributed by atoms with E-state index in [2.05, 4.69) is 15.1 Å². The summed E-state index contributed by atoms with van der Waals surface area (Å²) in [5.41, 5.74) is 0.625. The normalized spacial score (nSPS) is 10.8. The zero-order valence-electron chi connectivity index (χ0n) is 15.0. The van der Waals surface area contributed by atoms with Gasteiger partial charge < -0.3 is 18.6 Å². The van der Waals surface area contributed by atoms with Crippen molar-refractivity contribution in [2.75, 3.05) is 0 Å². The van der Waals surface area contributed by atoms with Gasteiger partial charge >= 0.3 is 59.1 Å². The molecule has 0 aliphatic rings. The summed E-state index contributed by atoms with van der Waals surface area (Å²) in [4.78, 5) is 43.9. The van der Waals surface area contributed by atoms with Crippen molar-refractivity contribution < 1.29 is 82.6 Å². The quantitative estimate of drug-likeness (QED) is 0.180. The molecule has 0 unspecified atom stereocenters. The van der Waals surface area contributed by atoms with E-state index in [0.29, 0.717) is 11.6 Å². The maximum Gasteiger partial charge on any atom is 1.00 e. The number of thiazole rings is 1. The first kappa shape index (κ1) is 23.8. The number of nitrogens with zero attached hydrogens (tertiary/aromatic N) is 4. The Kier molecular flexibility index (Phi) is 8.08. The second kappa shape index (κ2) is 9.53. The second-order valence-corrected chi connectivity index (χ2v) is 7.06. The first-order chi connectivity index (χ1) is 12.4. The smallest absolute Gasteiger partial charge is 0.825 e. The van der Waals surface area contributed by atoms with E-state index in [1.54, 1.807) is 12.3 Å². The van der Waals surface area contributed by atoms with E-state index in [-0.39, 0.29) is 86.4 Å². The van der Waals surface area contributed by atoms with Crippen LogP contribution < -0.4 is 68.9 Å². The number of aromatic nitrogens is 4. The molecule has 3 heterocycles. The standard InChI is InChI=1S/C15H8FN4O4PS.2Na/c1-7-17-14(19-24-7)11-6-26-15(18-11)13(21)10-5-20(25(22)23)12-3-2-8(16)4-9(10)12;;/h2-6H,1H3;;/q-2;2*+1. The van der Waals surface area contributed by atoms with Crippen molar-refractivity contribution in [1.29, 1.82) is 0 Å². The number of rotatable bonds is 4. The fourth-order valence-electron chi connectivity index (χ4n) is 2.50. The molecule has 0 saturated heterocycles. The van der Waals surface area contributed by atoms with Gasteiger partial charge in [-0.1, -0.05) is 5.16 Å². The van der Waals surface area contributed by atoms with Crippen LogP contribution in [-0.4, -0.2) is 25.2 Å². The van der Waals surface area contributed by atoms with E-state index < -0.39 is 20.1 Å². The topological polar surface area (TPSA) is 120 Å². The van der Waals surface area contributed by atoms with E-state index in [4.69, 9.17) is 4.52 Å². The van der Waals surface area contributed by atoms with Gasteiger partial charge in [0.2, 0.25) is 17.5 Å². The van der Waals surface area contributed by atoms with Crippen LogP contribution >= 0.6 is 19.9 Å². The van der Waals surface area contributed by atoms with Gasteiger partial charge in [0.15, 0.2) is 5.01 Å². The molecule has 0 atom stereocenters. The summed E-state index contributed by atoms with van der Waals surface area (Å²) in [6.07, 6.45) is 1.16. The third-order valence-corrected chi connectivity index (χ3v) is 5.15. The van der Waals surface area contributed by atoms with E-state index in [1.165, 1.54) is 6.07 Å². The van der Waals surface area contributed by atoms with Gasteiger partial charge in [-0.25, -0.2) is 9.37 Å². The van der Waals surface area contributed by atoms with Gasteiger partial charge in [0.25, 0.3) is 0 Å². The summed E-state index contributed by atoms with van der Waals surface area (Å²) in [6.45, 7) is 1.63. The summed E-state index contributed by atoms with van der Waals surface area (Å²) in [6, 6.07) is 3.56. The second-order valence-electron chi connectivity index (χ2n) is 5.29. The largest absolute Gasteiger partial charge is 1.00 e. The predicted molar refractivity (Wildman–Crippen MR) is 87.8 cm³/mol. The maximum absolute atomic E-state index is 13.6. The van der Waals surface area contributed by atoms with Gasteiger partial charge in [-0.05, 0) is 18.2 Å². The van der Waals surface area contributed by atoms with Crippen LogP contribution in [0.2, 0.25) is 0 Å². The van der Waals surface area contributed by atoms with Crippen molar-refractivity contribution in [3.8, 4) is 11.5 Å². The number of aryl methyl sites for hydroxylation is 1. The number of carbonyl (C=O) groups excluding carboxylic acids is 1. The molecule has 4 rings (SSSR count). The molecule has 1 aromatic carbocycles. The van der Waals surface area contributed by atoms with Crippen molar-refractivity contribution >= 4 is 36.5 Å². The molecule has 0 saturated carbocycles. The number of hydrogen-bond donors (Lipinski definition) is 0. The monoisotopic (exact) mass is 436 g/mol. The van der Waals surface area contributed by atoms with Crippen molar-refractivity contribution in [1.82, 2.24) is 19.5 Å². The van der Waals surface area contributed by atoms with E-state index in [1.807, 2.05) is 0 Å². The minimum atomic E-state index is -3.01. The molecule has 13 heteroatoms. The third kappa shape index (κ3) is 4.46. The van der Waals surface area contributed by atoms with Crippen LogP contribution in [-0.2, 0) is 0 Å². The summed E-state index contributed by atoms with van der Waals surface area (Å²) in [7, 11) is -3.01. The molecule has 0 aliphatic heterocycles. The Morgan fingerprint density at radius 1 is 1.29 bits per heavy atom. The summed E-state index contributed by atoms with van der Waals surface area (Å²) >= 11 is 1.05. The first-order valence-electron chi connectivity index (χ1n) is 7.20. The first-order valence-corrected chi connectivity index (χ1v) is 9.21. The molecule has 0 aliphatic carbocycles. The molecule has 0 spiro atoms. The van der Waals surface area contributed by atoms with Crippen LogP contribution in [0.3, 0.4) is 0 Å². The number of ketones is 1. The van der Waals surface area contributed by atoms with Gasteiger partial charge in [0.05, 0.1) is 11.1 Å². The third-order valence-electron chi connectivity index (χ3n) is 3.62. The van der Waals surface area contributed by atoms with Crippen LogP contribution in [0.1, 0.15) is 21.3 Å². The molecule has 0 amide bonds. The fourth-order valence-corrected chi connectivity index (χ4v) is 3.81. The number of halogens is 1. The number of carbonyl (C=O) groups is 1. The van der Waals surface area contributed by atoms with Crippen LogP contribution in [0.25, 0.3) is 22.4 Å². The molecule has 0 radical (unpaired) electrons. The zero-order valence-corrected chi connectivity index (χ0v) is 20.8. The van der Waals surface area contributed by atoms with Crippen molar-refractivity contribution in [2.45, 2.75) is 6.92 Å². The van der Waals surface area contributed by atoms with Crippen LogP contribution in [0.4, 0.5) is 4.39 Å². The van der Waals surface area contributed by atoms with Crippen LogP contribution in [0, 0.1) is 12.7 Å². The molecular formula is C15H8FN4Na2O4PS. The number of hydrogen-bond acceptors (Lipinski definition) is 8. The molecule has 28 heavy (non-hydrogen) atoms. The molecule has 0 fully saturated rings. The minimum Gasteiger partial charge on any atom is -0.825 e. The van der Waals surface area contributed by atoms with Crippen molar-refractivity contribution in [3.63, 3.8) is 0 Å². The summed E-state index contributed by atoms with van der Waals surface area (Å²) in [5, 5.41) is 5.62. The van der Waals surface area contributed by atoms with Gasteiger partial charge in [-0.3, -0.25) is 4.79 Å². The van der Waals surface area contributed by atoms with Crippen LogP contribution in [0.15, 0.2) is 34.3 Å². The summed E-state index contributed by atoms with van der Waals surface area (Å²) in [5.74, 6) is -0.493. The number of benzene rings is 1. The zero-order chi connectivity index (χ0) is 18.4. The van der Waals surface area contributed by atoms with Gasteiger partial charge in [-0.2, -0.15) is 13.5 Å². The van der Waals surface area contributed by atoms with Gasteiger partial charge in [0, 0.05) is 23.9 Å². The summed E-state index contributed by atoms with van der Waals surface area (Å²) < 4.78 is 19.4. The molecule has 132 valence electrons. The molecule has 8 nitrogen and oxygen atoms in total. The van der Waals surface area contributed by atoms with Crippen molar-refractivity contribution in [3.05, 3.63) is 52.1 Å². The van der Waals surface area contributed by atoms with E-state index in [0.717, 1.165) is 34.0 Å². The van der Waals surface area contributed by atoms with Gasteiger partial charge in [-0.15, -0.1) is 11.3 Å². The Hall–Kier alpha value is -0.520.